The fourth-order valence-electron chi connectivity index (χ4n) is 5.37. The zero-order chi connectivity index (χ0) is 24.5. The molecule has 2 N–H and O–H groups in total. The fourth-order valence-corrected chi connectivity index (χ4v) is 5.37. The summed E-state index contributed by atoms with van der Waals surface area (Å²) in [6.45, 7) is 1.04. The van der Waals surface area contributed by atoms with Crippen molar-refractivity contribution in [3.05, 3.63) is 131 Å². The minimum Gasteiger partial charge on any atom is -0.367 e. The Balaban J connectivity index is 1.37. The zero-order valence-corrected chi connectivity index (χ0v) is 19.9. The van der Waals surface area contributed by atoms with Crippen LogP contribution in [-0.4, -0.2) is 34.6 Å². The molecule has 6 nitrogen and oxygen atoms in total. The van der Waals surface area contributed by atoms with Crippen molar-refractivity contribution in [2.45, 2.75) is 37.5 Å². The minimum atomic E-state index is -0.415. The predicted molar refractivity (Wildman–Crippen MR) is 137 cm³/mol. The van der Waals surface area contributed by atoms with Gasteiger partial charge in [-0.3, -0.25) is 4.79 Å². The average Bonchev–Trinajstić information content (AvgIpc) is 3.30. The maximum absolute atomic E-state index is 12.2. The summed E-state index contributed by atoms with van der Waals surface area (Å²) in [5.41, 5.74) is 10.7. The Bertz CT molecular complexity index is 1280. The van der Waals surface area contributed by atoms with E-state index in [0.717, 1.165) is 16.8 Å². The molecular weight excluding hydrogens is 450 g/mol. The Morgan fingerprint density at radius 1 is 0.889 bits per heavy atom. The van der Waals surface area contributed by atoms with Gasteiger partial charge in [-0.1, -0.05) is 91.0 Å². The molecule has 0 bridgehead atoms. The van der Waals surface area contributed by atoms with E-state index < -0.39 is 5.91 Å². The van der Waals surface area contributed by atoms with Crippen LogP contribution in [0.15, 0.2) is 115 Å². The number of carbonyl (C=O) groups excluding carboxylic acids is 1. The van der Waals surface area contributed by atoms with Crippen LogP contribution < -0.4 is 5.73 Å². The van der Waals surface area contributed by atoms with Crippen LogP contribution in [-0.2, 0) is 20.9 Å². The summed E-state index contributed by atoms with van der Waals surface area (Å²) in [7, 11) is 0. The van der Waals surface area contributed by atoms with Crippen LogP contribution in [0.2, 0.25) is 0 Å². The molecule has 0 aliphatic carbocycles. The zero-order valence-electron chi connectivity index (χ0n) is 19.9. The summed E-state index contributed by atoms with van der Waals surface area (Å²) in [5.74, 6) is -0.415. The third-order valence-electron chi connectivity index (χ3n) is 7.14. The maximum atomic E-state index is 12.2. The van der Waals surface area contributed by atoms with Crippen LogP contribution in [0.25, 0.3) is 0 Å². The standard InChI is InChI=1S/C30H29N3O3/c31-30(34)24-16-26(35-20-21-10-4-1-5-11-21)25-18-33-27(19-32(25)17-24)36-29(23-14-8-3-9-15-23)28(33)22-12-6-2-7-13-22/h1-15,17-18,26-29H,16,19-20H2,(H2,31,34). The molecule has 6 heteroatoms. The summed E-state index contributed by atoms with van der Waals surface area (Å²) in [5, 5.41) is 0. The molecule has 1 saturated heterocycles. The number of amides is 1. The molecule has 0 saturated carbocycles. The Morgan fingerprint density at radius 2 is 1.53 bits per heavy atom. The van der Waals surface area contributed by atoms with E-state index in [1.807, 2.05) is 48.7 Å². The van der Waals surface area contributed by atoms with Crippen molar-refractivity contribution in [1.29, 1.82) is 0 Å². The van der Waals surface area contributed by atoms with Gasteiger partial charge < -0.3 is 25.0 Å². The average molecular weight is 480 g/mol. The summed E-state index contributed by atoms with van der Waals surface area (Å²) < 4.78 is 13.1. The van der Waals surface area contributed by atoms with Gasteiger partial charge in [-0.25, -0.2) is 0 Å². The van der Waals surface area contributed by atoms with E-state index in [4.69, 9.17) is 15.2 Å². The third-order valence-corrected chi connectivity index (χ3v) is 7.14. The number of nitrogens with two attached hydrogens (primary N) is 1. The van der Waals surface area contributed by atoms with Crippen molar-refractivity contribution in [1.82, 2.24) is 9.80 Å². The Labute approximate surface area is 211 Å². The molecule has 3 aliphatic rings. The van der Waals surface area contributed by atoms with Crippen molar-refractivity contribution >= 4 is 5.91 Å². The van der Waals surface area contributed by atoms with E-state index in [2.05, 4.69) is 64.5 Å². The van der Waals surface area contributed by atoms with E-state index in [9.17, 15) is 4.79 Å². The minimum absolute atomic E-state index is 0.0181. The van der Waals surface area contributed by atoms with Gasteiger partial charge in [0, 0.05) is 24.4 Å². The lowest BCUT2D eigenvalue weighted by molar-refractivity contribution is -0.115. The molecule has 36 heavy (non-hydrogen) atoms. The second kappa shape index (κ2) is 9.64. The van der Waals surface area contributed by atoms with Crippen molar-refractivity contribution in [3.63, 3.8) is 0 Å². The highest BCUT2D eigenvalue weighted by Gasteiger charge is 2.47. The van der Waals surface area contributed by atoms with E-state index in [1.54, 1.807) is 0 Å². The van der Waals surface area contributed by atoms with Crippen molar-refractivity contribution in [2.24, 2.45) is 5.73 Å². The molecule has 0 aromatic heterocycles. The van der Waals surface area contributed by atoms with Gasteiger partial charge in [-0.2, -0.15) is 0 Å². The van der Waals surface area contributed by atoms with Crippen LogP contribution in [0.1, 0.15) is 35.3 Å². The number of nitrogens with zero attached hydrogens (tertiary/aromatic N) is 2. The van der Waals surface area contributed by atoms with E-state index in [1.165, 1.54) is 5.56 Å². The van der Waals surface area contributed by atoms with Crippen molar-refractivity contribution in [3.8, 4) is 0 Å². The first-order chi connectivity index (χ1) is 17.7. The van der Waals surface area contributed by atoms with Gasteiger partial charge >= 0.3 is 0 Å². The van der Waals surface area contributed by atoms with Gasteiger partial charge in [0.15, 0.2) is 0 Å². The first-order valence-electron chi connectivity index (χ1n) is 12.3. The molecule has 0 spiro atoms. The lowest BCUT2D eigenvalue weighted by Crippen LogP contribution is -2.47. The molecule has 3 heterocycles. The second-order valence-corrected chi connectivity index (χ2v) is 9.44. The largest absolute Gasteiger partial charge is 0.367 e. The Morgan fingerprint density at radius 3 is 2.19 bits per heavy atom. The number of fused-ring (bicyclic) bond motifs is 2. The number of ether oxygens (including phenoxy) is 2. The number of hydrogen-bond acceptors (Lipinski definition) is 5. The Kier molecular flexibility index (Phi) is 6.05. The van der Waals surface area contributed by atoms with Crippen LogP contribution in [0.4, 0.5) is 0 Å². The first kappa shape index (κ1) is 22.6. The predicted octanol–water partition coefficient (Wildman–Crippen LogP) is 4.64. The van der Waals surface area contributed by atoms with Crippen molar-refractivity contribution < 1.29 is 14.3 Å². The van der Waals surface area contributed by atoms with Gasteiger partial charge in [0.05, 0.1) is 24.9 Å². The highest BCUT2D eigenvalue weighted by Crippen LogP contribution is 2.48. The smallest absolute Gasteiger partial charge is 0.246 e. The number of primary amides is 1. The van der Waals surface area contributed by atoms with Gasteiger partial charge in [-0.15, -0.1) is 0 Å². The molecule has 0 radical (unpaired) electrons. The van der Waals surface area contributed by atoms with Crippen LogP contribution in [0.5, 0.6) is 0 Å². The molecule has 1 amide bonds. The van der Waals surface area contributed by atoms with Gasteiger partial charge in [0.2, 0.25) is 5.91 Å². The monoisotopic (exact) mass is 479 g/mol. The first-order valence-corrected chi connectivity index (χ1v) is 12.3. The molecule has 1 fully saturated rings. The van der Waals surface area contributed by atoms with Crippen LogP contribution in [0.3, 0.4) is 0 Å². The fraction of sp³-hybridized carbons (Fsp3) is 0.233. The number of benzene rings is 3. The highest BCUT2D eigenvalue weighted by atomic mass is 16.5. The van der Waals surface area contributed by atoms with Crippen molar-refractivity contribution in [2.75, 3.05) is 6.54 Å². The number of rotatable bonds is 6. The summed E-state index contributed by atoms with van der Waals surface area (Å²) in [6.07, 6.45) is 3.89. The van der Waals surface area contributed by atoms with E-state index in [-0.39, 0.29) is 24.5 Å². The third kappa shape index (κ3) is 4.30. The number of carbonyl (C=O) groups is 1. The van der Waals surface area contributed by atoms with Gasteiger partial charge in [0.1, 0.15) is 18.4 Å². The quantitative estimate of drug-likeness (QED) is 0.558. The van der Waals surface area contributed by atoms with E-state index in [0.29, 0.717) is 25.1 Å². The summed E-state index contributed by atoms with van der Waals surface area (Å²) >= 11 is 0. The number of hydrogen-bond donors (Lipinski definition) is 1. The summed E-state index contributed by atoms with van der Waals surface area (Å²) in [4.78, 5) is 16.6. The highest BCUT2D eigenvalue weighted by molar-refractivity contribution is 5.92. The van der Waals surface area contributed by atoms with Crippen LogP contribution in [0, 0.1) is 0 Å². The van der Waals surface area contributed by atoms with Gasteiger partial charge in [0.25, 0.3) is 0 Å². The van der Waals surface area contributed by atoms with E-state index >= 15 is 0 Å². The molecule has 4 unspecified atom stereocenters. The maximum Gasteiger partial charge on any atom is 0.246 e. The van der Waals surface area contributed by atoms with Crippen LogP contribution >= 0.6 is 0 Å². The lowest BCUT2D eigenvalue weighted by Gasteiger charge is -2.43. The molecule has 3 aliphatic heterocycles. The summed E-state index contributed by atoms with van der Waals surface area (Å²) in [6, 6.07) is 31.0. The second-order valence-electron chi connectivity index (χ2n) is 9.44. The molecule has 3 aromatic carbocycles. The van der Waals surface area contributed by atoms with Gasteiger partial charge in [-0.05, 0) is 16.7 Å². The molecular formula is C30H29N3O3. The normalized spacial score (nSPS) is 25.0. The lowest BCUT2D eigenvalue weighted by atomic mass is 9.94. The molecule has 4 atom stereocenters. The topological polar surface area (TPSA) is 68.0 Å². The molecule has 3 aromatic rings. The SMILES string of the molecule is NC(=O)C1=CN2CC3OC(c4ccccc4)C(c4ccccc4)N3C=C2C(OCc2ccccc2)C1. The Hall–Kier alpha value is -3.87. The molecule has 6 rings (SSSR count). The molecule has 182 valence electrons.